The molecule has 0 amide bonds. The topological polar surface area (TPSA) is 55.8 Å². The fourth-order valence-electron chi connectivity index (χ4n) is 2.06. The van der Waals surface area contributed by atoms with Gasteiger partial charge in [-0.05, 0) is 23.3 Å². The van der Waals surface area contributed by atoms with E-state index in [0.717, 1.165) is 16.7 Å². The Morgan fingerprint density at radius 3 is 2.55 bits per heavy atom. The van der Waals surface area contributed by atoms with Crippen LogP contribution in [0, 0.1) is 0 Å². The van der Waals surface area contributed by atoms with Gasteiger partial charge in [-0.25, -0.2) is 0 Å². The Bertz CT molecular complexity index is 620. The van der Waals surface area contributed by atoms with Gasteiger partial charge in [0.05, 0.1) is 20.6 Å². The van der Waals surface area contributed by atoms with Crippen molar-refractivity contribution in [3.8, 4) is 22.6 Å². The minimum Gasteiger partial charge on any atom is -0.497 e. The summed E-state index contributed by atoms with van der Waals surface area (Å²) in [6, 6.07) is 13.0. The number of methoxy groups -OCH3 is 2. The number of carboxylic acids is 1. The van der Waals surface area contributed by atoms with Gasteiger partial charge in [0.25, 0.3) is 0 Å². The summed E-state index contributed by atoms with van der Waals surface area (Å²) < 4.78 is 10.5. The van der Waals surface area contributed by atoms with Gasteiger partial charge in [-0.2, -0.15) is 0 Å². The fourth-order valence-corrected chi connectivity index (χ4v) is 2.06. The highest BCUT2D eigenvalue weighted by molar-refractivity contribution is 5.74. The van der Waals surface area contributed by atoms with Crippen LogP contribution in [0.5, 0.6) is 11.5 Å². The lowest BCUT2D eigenvalue weighted by Crippen LogP contribution is -2.00. The van der Waals surface area contributed by atoms with E-state index in [1.165, 1.54) is 0 Å². The van der Waals surface area contributed by atoms with Crippen molar-refractivity contribution in [3.63, 3.8) is 0 Å². The van der Waals surface area contributed by atoms with E-state index in [1.807, 2.05) is 30.3 Å². The van der Waals surface area contributed by atoms with E-state index < -0.39 is 5.97 Å². The molecule has 1 N–H and O–H groups in total. The van der Waals surface area contributed by atoms with Crippen molar-refractivity contribution in [2.75, 3.05) is 14.2 Å². The van der Waals surface area contributed by atoms with Crippen molar-refractivity contribution < 1.29 is 19.4 Å². The normalized spacial score (nSPS) is 10.1. The van der Waals surface area contributed by atoms with Crippen molar-refractivity contribution in [3.05, 3.63) is 48.0 Å². The lowest BCUT2D eigenvalue weighted by Gasteiger charge is -2.11. The minimum absolute atomic E-state index is 0.00626. The zero-order valence-electron chi connectivity index (χ0n) is 11.4. The average Bonchev–Trinajstić information content (AvgIpc) is 2.46. The smallest absolute Gasteiger partial charge is 0.307 e. The Morgan fingerprint density at radius 1 is 1.10 bits per heavy atom. The first-order chi connectivity index (χ1) is 9.63. The summed E-state index contributed by atoms with van der Waals surface area (Å²) in [5.74, 6) is 0.563. The molecule has 0 aliphatic rings. The van der Waals surface area contributed by atoms with Crippen molar-refractivity contribution in [2.45, 2.75) is 6.42 Å². The molecule has 0 bridgehead atoms. The fraction of sp³-hybridized carbons (Fsp3) is 0.188. The molecule has 0 radical (unpaired) electrons. The zero-order chi connectivity index (χ0) is 14.5. The van der Waals surface area contributed by atoms with Crippen LogP contribution in [0.2, 0.25) is 0 Å². The Balaban J connectivity index is 2.42. The predicted molar refractivity (Wildman–Crippen MR) is 76.3 cm³/mol. The first-order valence-electron chi connectivity index (χ1n) is 6.17. The van der Waals surface area contributed by atoms with Crippen LogP contribution >= 0.6 is 0 Å². The third-order valence-corrected chi connectivity index (χ3v) is 3.00. The van der Waals surface area contributed by atoms with Gasteiger partial charge in [-0.15, -0.1) is 0 Å². The molecule has 0 unspecified atom stereocenters. The molecule has 0 aromatic heterocycles. The number of carbonyl (C=O) groups is 1. The van der Waals surface area contributed by atoms with Gasteiger partial charge in [0.1, 0.15) is 11.5 Å². The highest BCUT2D eigenvalue weighted by Gasteiger charge is 2.09. The van der Waals surface area contributed by atoms with Crippen LogP contribution < -0.4 is 9.47 Å². The summed E-state index contributed by atoms with van der Waals surface area (Å²) in [6.45, 7) is 0. The third kappa shape index (κ3) is 3.09. The molecule has 2 aromatic carbocycles. The minimum atomic E-state index is -0.844. The Hall–Kier alpha value is -2.49. The molecule has 0 aliphatic heterocycles. The van der Waals surface area contributed by atoms with E-state index in [0.29, 0.717) is 11.5 Å². The molecule has 104 valence electrons. The van der Waals surface area contributed by atoms with Gasteiger partial charge in [0, 0.05) is 11.6 Å². The standard InChI is InChI=1S/C16H16O4/c1-19-13-6-7-14(15(10-13)20-2)12-5-3-4-11(8-12)9-16(17)18/h3-8,10H,9H2,1-2H3,(H,17,18). The zero-order valence-corrected chi connectivity index (χ0v) is 11.4. The molecule has 4 heteroatoms. The van der Waals surface area contributed by atoms with Crippen LogP contribution in [0.15, 0.2) is 42.5 Å². The van der Waals surface area contributed by atoms with Crippen molar-refractivity contribution >= 4 is 5.97 Å². The van der Waals surface area contributed by atoms with E-state index in [2.05, 4.69) is 0 Å². The molecule has 0 fully saturated rings. The van der Waals surface area contributed by atoms with E-state index in [9.17, 15) is 4.79 Å². The van der Waals surface area contributed by atoms with Crippen LogP contribution in [-0.4, -0.2) is 25.3 Å². The molecular formula is C16H16O4. The highest BCUT2D eigenvalue weighted by Crippen LogP contribution is 2.33. The summed E-state index contributed by atoms with van der Waals surface area (Å²) in [5.41, 5.74) is 2.58. The van der Waals surface area contributed by atoms with Gasteiger partial charge in [0.2, 0.25) is 0 Å². The lowest BCUT2D eigenvalue weighted by atomic mass is 10.0. The van der Waals surface area contributed by atoms with Crippen LogP contribution in [-0.2, 0) is 11.2 Å². The number of rotatable bonds is 5. The van der Waals surface area contributed by atoms with Gasteiger partial charge in [-0.1, -0.05) is 24.3 Å². The number of carboxylic acid groups (broad SMARTS) is 1. The molecular weight excluding hydrogens is 256 g/mol. The van der Waals surface area contributed by atoms with Gasteiger partial charge in [0.15, 0.2) is 0 Å². The number of aliphatic carboxylic acids is 1. The SMILES string of the molecule is COc1ccc(-c2cccc(CC(=O)O)c2)c(OC)c1. The Kier molecular flexibility index (Phi) is 4.25. The molecule has 0 heterocycles. The highest BCUT2D eigenvalue weighted by atomic mass is 16.5. The van der Waals surface area contributed by atoms with Crippen LogP contribution in [0.3, 0.4) is 0 Å². The Morgan fingerprint density at radius 2 is 1.90 bits per heavy atom. The number of ether oxygens (including phenoxy) is 2. The van der Waals surface area contributed by atoms with Gasteiger partial charge < -0.3 is 14.6 Å². The molecule has 2 rings (SSSR count). The summed E-state index contributed by atoms with van der Waals surface area (Å²) in [6.07, 6.45) is 0.00626. The predicted octanol–water partition coefficient (Wildman–Crippen LogP) is 3.00. The van der Waals surface area contributed by atoms with E-state index in [1.54, 1.807) is 26.4 Å². The third-order valence-electron chi connectivity index (χ3n) is 3.00. The molecule has 4 nitrogen and oxygen atoms in total. The largest absolute Gasteiger partial charge is 0.497 e. The van der Waals surface area contributed by atoms with Crippen molar-refractivity contribution in [1.29, 1.82) is 0 Å². The maximum atomic E-state index is 10.8. The van der Waals surface area contributed by atoms with Gasteiger partial charge >= 0.3 is 5.97 Å². The molecule has 0 spiro atoms. The van der Waals surface area contributed by atoms with Crippen LogP contribution in [0.1, 0.15) is 5.56 Å². The molecule has 2 aromatic rings. The summed E-state index contributed by atoms with van der Waals surface area (Å²) in [4.78, 5) is 10.8. The van der Waals surface area contributed by atoms with Gasteiger partial charge in [-0.3, -0.25) is 4.79 Å². The summed E-state index contributed by atoms with van der Waals surface area (Å²) in [5, 5.41) is 8.86. The number of benzene rings is 2. The van der Waals surface area contributed by atoms with E-state index in [-0.39, 0.29) is 6.42 Å². The average molecular weight is 272 g/mol. The second-order valence-electron chi connectivity index (χ2n) is 4.34. The monoisotopic (exact) mass is 272 g/mol. The van der Waals surface area contributed by atoms with Crippen molar-refractivity contribution in [2.24, 2.45) is 0 Å². The summed E-state index contributed by atoms with van der Waals surface area (Å²) >= 11 is 0. The van der Waals surface area contributed by atoms with Crippen LogP contribution in [0.25, 0.3) is 11.1 Å². The van der Waals surface area contributed by atoms with E-state index >= 15 is 0 Å². The summed E-state index contributed by atoms with van der Waals surface area (Å²) in [7, 11) is 3.20. The Labute approximate surface area is 117 Å². The van der Waals surface area contributed by atoms with Crippen LogP contribution in [0.4, 0.5) is 0 Å². The maximum Gasteiger partial charge on any atom is 0.307 e. The van der Waals surface area contributed by atoms with Crippen molar-refractivity contribution in [1.82, 2.24) is 0 Å². The number of hydrogen-bond acceptors (Lipinski definition) is 3. The molecule has 0 aliphatic carbocycles. The molecule has 0 saturated carbocycles. The lowest BCUT2D eigenvalue weighted by molar-refractivity contribution is -0.136. The quantitative estimate of drug-likeness (QED) is 0.909. The maximum absolute atomic E-state index is 10.8. The second-order valence-corrected chi connectivity index (χ2v) is 4.34. The molecule has 20 heavy (non-hydrogen) atoms. The molecule has 0 atom stereocenters. The van der Waals surface area contributed by atoms with E-state index in [4.69, 9.17) is 14.6 Å². The number of hydrogen-bond donors (Lipinski definition) is 1. The first-order valence-corrected chi connectivity index (χ1v) is 6.17. The second kappa shape index (κ2) is 6.10. The first kappa shape index (κ1) is 13.9. The molecule has 0 saturated heterocycles.